The molecule has 1 aromatic heterocycles. The fourth-order valence-electron chi connectivity index (χ4n) is 1.50. The molecule has 1 N–H and O–H groups in total. The second-order valence-electron chi connectivity index (χ2n) is 4.60. The molecule has 0 saturated heterocycles. The predicted octanol–water partition coefficient (Wildman–Crippen LogP) is 2.84. The maximum Gasteiger partial charge on any atom is 0.127 e. The molecule has 90 valence electrons. The highest BCUT2D eigenvalue weighted by Gasteiger charge is 2.14. The molecule has 1 aromatic rings. The fraction of sp³-hybridized carbons (Fsp3) is 0.583. The van der Waals surface area contributed by atoms with Gasteiger partial charge in [0.15, 0.2) is 0 Å². The maximum atomic E-state index is 4.39. The van der Waals surface area contributed by atoms with E-state index in [0.29, 0.717) is 12.0 Å². The Hall–Kier alpha value is -0.610. The molecule has 1 unspecified atom stereocenters. The number of aromatic nitrogens is 1. The molecular weight excluding hydrogens is 266 g/mol. The van der Waals surface area contributed by atoms with E-state index in [9.17, 15) is 0 Å². The predicted molar refractivity (Wildman–Crippen MR) is 72.7 cm³/mol. The van der Waals surface area contributed by atoms with E-state index in [1.54, 1.807) is 0 Å². The first kappa shape index (κ1) is 13.5. The quantitative estimate of drug-likeness (QED) is 0.844. The van der Waals surface area contributed by atoms with Crippen LogP contribution in [0.5, 0.6) is 0 Å². The van der Waals surface area contributed by atoms with E-state index >= 15 is 0 Å². The largest absolute Gasteiger partial charge is 0.366 e. The summed E-state index contributed by atoms with van der Waals surface area (Å²) >= 11 is 3.38. The lowest BCUT2D eigenvalue weighted by molar-refractivity contribution is 0.344. The van der Waals surface area contributed by atoms with Crippen molar-refractivity contribution < 1.29 is 0 Å². The zero-order valence-electron chi connectivity index (χ0n) is 10.4. The summed E-state index contributed by atoms with van der Waals surface area (Å²) in [6.45, 7) is 5.45. The molecule has 1 heterocycles. The van der Waals surface area contributed by atoms with Gasteiger partial charge in [0.05, 0.1) is 0 Å². The maximum absolute atomic E-state index is 4.39. The van der Waals surface area contributed by atoms with Gasteiger partial charge in [0.2, 0.25) is 0 Å². The highest BCUT2D eigenvalue weighted by atomic mass is 79.9. The Labute approximate surface area is 106 Å². The third-order valence-corrected chi connectivity index (χ3v) is 2.86. The van der Waals surface area contributed by atoms with E-state index in [2.05, 4.69) is 59.1 Å². The van der Waals surface area contributed by atoms with Gasteiger partial charge in [0.1, 0.15) is 10.4 Å². The van der Waals surface area contributed by atoms with Gasteiger partial charge in [-0.05, 0) is 48.1 Å². The lowest BCUT2D eigenvalue weighted by Gasteiger charge is -2.26. The van der Waals surface area contributed by atoms with Crippen LogP contribution in [0.15, 0.2) is 22.8 Å². The minimum Gasteiger partial charge on any atom is -0.366 e. The number of hydrogen-bond acceptors (Lipinski definition) is 3. The monoisotopic (exact) mass is 285 g/mol. The number of anilines is 1. The summed E-state index contributed by atoms with van der Waals surface area (Å²) in [5, 5.41) is 3.47. The topological polar surface area (TPSA) is 28.2 Å². The number of nitrogens with one attached hydrogen (secondary N) is 1. The molecule has 0 fully saturated rings. The molecule has 0 saturated carbocycles. The SMILES string of the molecule is CC(C)C(CN(C)C)Nc1cccc(Br)n1. The molecule has 1 atom stereocenters. The molecule has 16 heavy (non-hydrogen) atoms. The van der Waals surface area contributed by atoms with Gasteiger partial charge >= 0.3 is 0 Å². The van der Waals surface area contributed by atoms with Gasteiger partial charge in [-0.25, -0.2) is 4.98 Å². The number of halogens is 1. The average molecular weight is 286 g/mol. The number of likely N-dealkylation sites (N-methyl/N-ethyl adjacent to an activating group) is 1. The third kappa shape index (κ3) is 4.49. The second-order valence-corrected chi connectivity index (χ2v) is 5.42. The third-order valence-electron chi connectivity index (χ3n) is 2.41. The lowest BCUT2D eigenvalue weighted by Crippen LogP contribution is -2.36. The molecule has 3 nitrogen and oxygen atoms in total. The first-order valence-corrected chi connectivity index (χ1v) is 6.32. The zero-order valence-corrected chi connectivity index (χ0v) is 12.0. The van der Waals surface area contributed by atoms with E-state index < -0.39 is 0 Å². The number of pyridine rings is 1. The van der Waals surface area contributed by atoms with Gasteiger partial charge in [-0.15, -0.1) is 0 Å². The van der Waals surface area contributed by atoms with E-state index in [1.165, 1.54) is 0 Å². The molecule has 0 spiro atoms. The van der Waals surface area contributed by atoms with Crippen molar-refractivity contribution in [2.24, 2.45) is 5.92 Å². The molecule has 0 aliphatic carbocycles. The van der Waals surface area contributed by atoms with Crippen LogP contribution in [0.25, 0.3) is 0 Å². The minimum absolute atomic E-state index is 0.414. The zero-order chi connectivity index (χ0) is 12.1. The Morgan fingerprint density at radius 1 is 1.38 bits per heavy atom. The van der Waals surface area contributed by atoms with Crippen molar-refractivity contribution >= 4 is 21.7 Å². The molecular formula is C12H20BrN3. The van der Waals surface area contributed by atoms with Gasteiger partial charge in [0.25, 0.3) is 0 Å². The first-order valence-electron chi connectivity index (χ1n) is 5.53. The average Bonchev–Trinajstić information content (AvgIpc) is 2.15. The van der Waals surface area contributed by atoms with Crippen molar-refractivity contribution in [3.63, 3.8) is 0 Å². The van der Waals surface area contributed by atoms with Crippen LogP contribution in [0.1, 0.15) is 13.8 Å². The lowest BCUT2D eigenvalue weighted by atomic mass is 10.0. The van der Waals surface area contributed by atoms with E-state index in [-0.39, 0.29) is 0 Å². The summed E-state index contributed by atoms with van der Waals surface area (Å²) in [5.74, 6) is 1.50. The highest BCUT2D eigenvalue weighted by Crippen LogP contribution is 2.14. The van der Waals surface area contributed by atoms with Gasteiger partial charge in [0, 0.05) is 12.6 Å². The van der Waals surface area contributed by atoms with Crippen LogP contribution >= 0.6 is 15.9 Å². The van der Waals surface area contributed by atoms with Gasteiger partial charge in [-0.1, -0.05) is 19.9 Å². The fourth-order valence-corrected chi connectivity index (χ4v) is 1.84. The first-order chi connectivity index (χ1) is 7.49. The molecule has 0 radical (unpaired) electrons. The standard InChI is InChI=1S/C12H20BrN3/c1-9(2)10(8-16(3)4)14-12-7-5-6-11(13)15-12/h5-7,9-10H,8H2,1-4H3,(H,14,15). The van der Waals surface area contributed by atoms with Crippen molar-refractivity contribution in [2.45, 2.75) is 19.9 Å². The molecule has 1 rings (SSSR count). The number of hydrogen-bond donors (Lipinski definition) is 1. The van der Waals surface area contributed by atoms with Crippen LogP contribution in [-0.4, -0.2) is 36.6 Å². The number of nitrogens with zero attached hydrogens (tertiary/aromatic N) is 2. The van der Waals surface area contributed by atoms with Crippen LogP contribution in [0, 0.1) is 5.92 Å². The van der Waals surface area contributed by atoms with Gasteiger partial charge in [-0.3, -0.25) is 0 Å². The highest BCUT2D eigenvalue weighted by molar-refractivity contribution is 9.10. The van der Waals surface area contributed by atoms with Crippen molar-refractivity contribution in [3.8, 4) is 0 Å². The smallest absolute Gasteiger partial charge is 0.127 e. The van der Waals surface area contributed by atoms with Crippen LogP contribution < -0.4 is 5.32 Å². The summed E-state index contributed by atoms with van der Waals surface area (Å²) in [6, 6.07) is 6.33. The summed E-state index contributed by atoms with van der Waals surface area (Å²) < 4.78 is 0.866. The Morgan fingerprint density at radius 3 is 2.56 bits per heavy atom. The molecule has 4 heteroatoms. The molecule has 0 bridgehead atoms. The van der Waals surface area contributed by atoms with Crippen LogP contribution in [0.2, 0.25) is 0 Å². The summed E-state index contributed by atoms with van der Waals surface area (Å²) in [6.07, 6.45) is 0. The Kier molecular flexibility index (Phi) is 5.22. The van der Waals surface area contributed by atoms with Crippen LogP contribution in [-0.2, 0) is 0 Å². The van der Waals surface area contributed by atoms with Crippen LogP contribution in [0.3, 0.4) is 0 Å². The summed E-state index contributed by atoms with van der Waals surface area (Å²) in [7, 11) is 4.18. The summed E-state index contributed by atoms with van der Waals surface area (Å²) in [4.78, 5) is 6.58. The van der Waals surface area contributed by atoms with Crippen molar-refractivity contribution in [1.82, 2.24) is 9.88 Å². The molecule has 0 aliphatic rings. The van der Waals surface area contributed by atoms with Gasteiger partial charge < -0.3 is 10.2 Å². The normalized spacial score (nSPS) is 13.2. The van der Waals surface area contributed by atoms with Crippen molar-refractivity contribution in [1.29, 1.82) is 0 Å². The van der Waals surface area contributed by atoms with Crippen molar-refractivity contribution in [2.75, 3.05) is 26.0 Å². The Bertz CT molecular complexity index is 326. The minimum atomic E-state index is 0.414. The van der Waals surface area contributed by atoms with Gasteiger partial charge in [-0.2, -0.15) is 0 Å². The molecule has 0 aromatic carbocycles. The van der Waals surface area contributed by atoms with Crippen LogP contribution in [0.4, 0.5) is 5.82 Å². The van der Waals surface area contributed by atoms with E-state index in [0.717, 1.165) is 17.0 Å². The van der Waals surface area contributed by atoms with E-state index in [4.69, 9.17) is 0 Å². The molecule has 0 amide bonds. The second kappa shape index (κ2) is 6.21. The molecule has 0 aliphatic heterocycles. The van der Waals surface area contributed by atoms with Crippen molar-refractivity contribution in [3.05, 3.63) is 22.8 Å². The van der Waals surface area contributed by atoms with E-state index in [1.807, 2.05) is 18.2 Å². The Morgan fingerprint density at radius 2 is 2.06 bits per heavy atom. The summed E-state index contributed by atoms with van der Waals surface area (Å²) in [5.41, 5.74) is 0. The Balaban J connectivity index is 2.68. The number of rotatable bonds is 5.